The summed E-state index contributed by atoms with van der Waals surface area (Å²) in [6.07, 6.45) is 2.90. The molecule has 0 radical (unpaired) electrons. The van der Waals surface area contributed by atoms with E-state index in [1.54, 1.807) is 0 Å². The van der Waals surface area contributed by atoms with Gasteiger partial charge in [0.15, 0.2) is 6.10 Å². The zero-order valence-electron chi connectivity index (χ0n) is 19.4. The van der Waals surface area contributed by atoms with Gasteiger partial charge < -0.3 is 25.0 Å². The molecule has 2 heterocycles. The number of rotatable bonds is 11. The predicted molar refractivity (Wildman–Crippen MR) is 124 cm³/mol. The molecule has 0 bridgehead atoms. The molecule has 0 spiro atoms. The number of aromatic nitrogens is 2. The zero-order chi connectivity index (χ0) is 25.4. The Labute approximate surface area is 202 Å². The summed E-state index contributed by atoms with van der Waals surface area (Å²) in [5.74, 6) is -3.75. The van der Waals surface area contributed by atoms with Crippen molar-refractivity contribution in [2.24, 2.45) is 5.92 Å². The summed E-state index contributed by atoms with van der Waals surface area (Å²) in [6, 6.07) is 8.18. The van der Waals surface area contributed by atoms with Crippen molar-refractivity contribution in [2.75, 3.05) is 0 Å². The standard InChI is InChI=1S/C23H27BN4O7/c1-14(2)10-19(24-34-18(12-20(29)30)23(33)35-24)28-21(31)16(11-15-6-4-3-5-7-15)27-22(32)17-13-25-8-9-26-17/h3-9,13-14,16,18-19H,10-12H2,1-2H3,(H,27,32)(H,28,31)(H,29,30)/t16-,18?,19-/m0/s1. The van der Waals surface area contributed by atoms with E-state index in [-0.39, 0.29) is 18.0 Å². The first-order valence-electron chi connectivity index (χ1n) is 11.2. The number of carbonyl (C=O) groups is 4. The molecule has 35 heavy (non-hydrogen) atoms. The molecular formula is C23H27BN4O7. The highest BCUT2D eigenvalue weighted by atomic mass is 16.7. The molecule has 184 valence electrons. The Morgan fingerprint density at radius 1 is 1.14 bits per heavy atom. The van der Waals surface area contributed by atoms with Crippen LogP contribution >= 0.6 is 0 Å². The van der Waals surface area contributed by atoms with E-state index in [2.05, 4.69) is 20.6 Å². The first kappa shape index (κ1) is 25.8. The highest BCUT2D eigenvalue weighted by molar-refractivity contribution is 6.51. The van der Waals surface area contributed by atoms with Gasteiger partial charge in [0.1, 0.15) is 11.7 Å². The van der Waals surface area contributed by atoms with Crippen LogP contribution in [0.25, 0.3) is 0 Å². The minimum absolute atomic E-state index is 0.0571. The Morgan fingerprint density at radius 2 is 1.89 bits per heavy atom. The third-order valence-electron chi connectivity index (χ3n) is 5.24. The smallest absolute Gasteiger partial charge is 0.506 e. The molecule has 3 rings (SSSR count). The highest BCUT2D eigenvalue weighted by Gasteiger charge is 2.47. The second kappa shape index (κ2) is 12.1. The molecule has 2 aromatic rings. The van der Waals surface area contributed by atoms with Crippen molar-refractivity contribution in [2.45, 2.75) is 51.2 Å². The number of carboxylic acids is 1. The molecule has 1 aliphatic heterocycles. The van der Waals surface area contributed by atoms with Crippen LogP contribution in [0.3, 0.4) is 0 Å². The Bertz CT molecular complexity index is 1040. The molecule has 0 aliphatic carbocycles. The molecule has 1 unspecified atom stereocenters. The fourth-order valence-electron chi connectivity index (χ4n) is 3.64. The van der Waals surface area contributed by atoms with Crippen molar-refractivity contribution in [1.29, 1.82) is 0 Å². The van der Waals surface area contributed by atoms with Gasteiger partial charge in [0.25, 0.3) is 5.91 Å². The van der Waals surface area contributed by atoms with Gasteiger partial charge in [-0.15, -0.1) is 0 Å². The maximum Gasteiger partial charge on any atom is 0.552 e. The van der Waals surface area contributed by atoms with Gasteiger partial charge in [-0.3, -0.25) is 24.2 Å². The van der Waals surface area contributed by atoms with E-state index in [9.17, 15) is 19.2 Å². The summed E-state index contributed by atoms with van der Waals surface area (Å²) in [7, 11) is -1.15. The van der Waals surface area contributed by atoms with Gasteiger partial charge in [-0.2, -0.15) is 0 Å². The first-order chi connectivity index (χ1) is 16.7. The molecular weight excluding hydrogens is 455 g/mol. The summed E-state index contributed by atoms with van der Waals surface area (Å²) in [5.41, 5.74) is 0.874. The Balaban J connectivity index is 1.77. The Hall–Kier alpha value is -3.80. The van der Waals surface area contributed by atoms with E-state index in [4.69, 9.17) is 14.4 Å². The van der Waals surface area contributed by atoms with Gasteiger partial charge in [0.05, 0.1) is 18.6 Å². The lowest BCUT2D eigenvalue weighted by molar-refractivity contribution is -0.145. The van der Waals surface area contributed by atoms with Crippen LogP contribution in [0.15, 0.2) is 48.9 Å². The van der Waals surface area contributed by atoms with Gasteiger partial charge in [-0.25, -0.2) is 4.98 Å². The highest BCUT2D eigenvalue weighted by Crippen LogP contribution is 2.20. The number of nitrogens with zero attached hydrogens (tertiary/aromatic N) is 2. The average Bonchev–Trinajstić information content (AvgIpc) is 3.18. The van der Waals surface area contributed by atoms with Crippen molar-refractivity contribution in [3.05, 3.63) is 60.2 Å². The number of nitrogens with one attached hydrogen (secondary N) is 2. The van der Waals surface area contributed by atoms with Crippen molar-refractivity contribution in [3.63, 3.8) is 0 Å². The van der Waals surface area contributed by atoms with Crippen LogP contribution in [0.5, 0.6) is 0 Å². The largest absolute Gasteiger partial charge is 0.552 e. The zero-order valence-corrected chi connectivity index (χ0v) is 19.4. The van der Waals surface area contributed by atoms with Gasteiger partial charge in [0, 0.05) is 18.8 Å². The van der Waals surface area contributed by atoms with Crippen molar-refractivity contribution < 1.29 is 33.6 Å². The predicted octanol–water partition coefficient (Wildman–Crippen LogP) is 0.793. The van der Waals surface area contributed by atoms with Crippen LogP contribution in [0, 0.1) is 5.92 Å². The summed E-state index contributed by atoms with van der Waals surface area (Å²) >= 11 is 0. The monoisotopic (exact) mass is 482 g/mol. The molecule has 11 nitrogen and oxygen atoms in total. The summed E-state index contributed by atoms with van der Waals surface area (Å²) in [5, 5.41) is 14.5. The second-order valence-corrected chi connectivity index (χ2v) is 8.58. The van der Waals surface area contributed by atoms with Crippen molar-refractivity contribution in [3.8, 4) is 0 Å². The molecule has 1 fully saturated rings. The van der Waals surface area contributed by atoms with Gasteiger partial charge >= 0.3 is 19.1 Å². The second-order valence-electron chi connectivity index (χ2n) is 8.58. The number of hydrogen-bond acceptors (Lipinski definition) is 8. The fraction of sp³-hybridized carbons (Fsp3) is 0.391. The Morgan fingerprint density at radius 3 is 2.51 bits per heavy atom. The molecule has 12 heteroatoms. The number of carbonyl (C=O) groups excluding carboxylic acids is 3. The summed E-state index contributed by atoms with van der Waals surface area (Å²) in [6.45, 7) is 3.84. The normalized spacial score (nSPS) is 16.9. The van der Waals surface area contributed by atoms with Gasteiger partial charge in [-0.05, 0) is 17.9 Å². The van der Waals surface area contributed by atoms with Crippen molar-refractivity contribution in [1.82, 2.24) is 20.6 Å². The van der Waals surface area contributed by atoms with Crippen LogP contribution < -0.4 is 10.6 Å². The van der Waals surface area contributed by atoms with Gasteiger partial charge in [0.2, 0.25) is 5.91 Å². The van der Waals surface area contributed by atoms with Gasteiger partial charge in [-0.1, -0.05) is 44.2 Å². The summed E-state index contributed by atoms with van der Waals surface area (Å²) in [4.78, 5) is 57.0. The maximum atomic E-state index is 13.4. The Kier molecular flexibility index (Phi) is 8.90. The van der Waals surface area contributed by atoms with E-state index in [1.165, 1.54) is 18.6 Å². The molecule has 1 aliphatic rings. The molecule has 3 atom stereocenters. The lowest BCUT2D eigenvalue weighted by Crippen LogP contribution is -2.55. The quantitative estimate of drug-likeness (QED) is 0.394. The minimum Gasteiger partial charge on any atom is -0.506 e. The van der Waals surface area contributed by atoms with E-state index < -0.39 is 55.4 Å². The van der Waals surface area contributed by atoms with Crippen molar-refractivity contribution >= 4 is 30.9 Å². The molecule has 1 aromatic heterocycles. The van der Waals surface area contributed by atoms with E-state index in [1.807, 2.05) is 44.2 Å². The lowest BCUT2D eigenvalue weighted by atomic mass is 9.74. The van der Waals surface area contributed by atoms with Crippen LogP contribution in [0.2, 0.25) is 0 Å². The third-order valence-corrected chi connectivity index (χ3v) is 5.24. The number of aliphatic carboxylic acids is 1. The molecule has 1 aromatic carbocycles. The van der Waals surface area contributed by atoms with E-state index in [0.717, 1.165) is 5.56 Å². The molecule has 1 saturated heterocycles. The fourth-order valence-corrected chi connectivity index (χ4v) is 3.64. The topological polar surface area (TPSA) is 157 Å². The minimum atomic E-state index is -1.25. The van der Waals surface area contributed by atoms with Crippen LogP contribution in [0.1, 0.15) is 42.7 Å². The number of carboxylic acid groups (broad SMARTS) is 1. The lowest BCUT2D eigenvalue weighted by Gasteiger charge is -2.25. The number of benzene rings is 1. The van der Waals surface area contributed by atoms with E-state index in [0.29, 0.717) is 6.42 Å². The van der Waals surface area contributed by atoms with Crippen LogP contribution in [-0.4, -0.2) is 64.0 Å². The average molecular weight is 482 g/mol. The number of amides is 2. The number of hydrogen-bond donors (Lipinski definition) is 3. The SMILES string of the molecule is CC(C)C[C@H](NC(=O)[C@H](Cc1ccccc1)NC(=O)c1cnccn1)B1OC(=O)C(CC(=O)O)O1. The third kappa shape index (κ3) is 7.61. The maximum absolute atomic E-state index is 13.4. The van der Waals surface area contributed by atoms with E-state index >= 15 is 0 Å². The summed E-state index contributed by atoms with van der Waals surface area (Å²) < 4.78 is 10.8. The van der Waals surface area contributed by atoms with Crippen LogP contribution in [0.4, 0.5) is 0 Å². The molecule has 0 saturated carbocycles. The first-order valence-corrected chi connectivity index (χ1v) is 11.2. The molecule has 2 amide bonds. The van der Waals surface area contributed by atoms with Crippen LogP contribution in [-0.2, 0) is 30.1 Å². The molecule has 3 N–H and O–H groups in total.